The molecule has 4 rings (SSSR count). The maximum atomic E-state index is 4.08. The Hall–Kier alpha value is -2.60. The second-order valence-corrected chi connectivity index (χ2v) is 5.79. The van der Waals surface area contributed by atoms with E-state index in [0.29, 0.717) is 0 Å². The molecule has 0 heterocycles. The first-order valence-electron chi connectivity index (χ1n) is 7.71. The van der Waals surface area contributed by atoms with Crippen LogP contribution >= 0.6 is 0 Å². The van der Waals surface area contributed by atoms with Crippen LogP contribution in [-0.2, 0) is 5.41 Å². The maximum Gasteiger partial charge on any atom is 0.0713 e. The van der Waals surface area contributed by atoms with Crippen LogP contribution in [0.15, 0.2) is 96.6 Å². The van der Waals surface area contributed by atoms with Gasteiger partial charge in [0.1, 0.15) is 0 Å². The van der Waals surface area contributed by atoms with E-state index in [-0.39, 0.29) is 5.41 Å². The summed E-state index contributed by atoms with van der Waals surface area (Å²) in [5, 5.41) is 0. The third kappa shape index (κ3) is 1.42. The average Bonchev–Trinajstić information content (AvgIpc) is 3.08. The highest BCUT2D eigenvalue weighted by atomic mass is 14.5. The normalized spacial score (nSPS) is 17.3. The van der Waals surface area contributed by atoms with E-state index in [4.69, 9.17) is 0 Å². The molecule has 0 atom stereocenters. The summed E-state index contributed by atoms with van der Waals surface area (Å²) in [7, 11) is 0. The Bertz CT molecular complexity index is 814. The topological polar surface area (TPSA) is 0 Å². The molecular formula is C22H18. The molecule has 2 aliphatic rings. The van der Waals surface area contributed by atoms with Crippen molar-refractivity contribution in [3.8, 4) is 11.1 Å². The molecule has 22 heavy (non-hydrogen) atoms. The van der Waals surface area contributed by atoms with E-state index < -0.39 is 0 Å². The molecule has 2 aromatic carbocycles. The molecule has 0 radical (unpaired) electrons. The fourth-order valence-electron chi connectivity index (χ4n) is 4.03. The van der Waals surface area contributed by atoms with E-state index in [1.54, 1.807) is 0 Å². The van der Waals surface area contributed by atoms with E-state index in [2.05, 4.69) is 86.3 Å². The van der Waals surface area contributed by atoms with Crippen LogP contribution < -0.4 is 0 Å². The molecule has 0 aliphatic heterocycles. The number of allylic oxidation sites excluding steroid dienone is 7. The molecule has 0 unspecified atom stereocenters. The second kappa shape index (κ2) is 4.71. The van der Waals surface area contributed by atoms with Crippen LogP contribution in [0.5, 0.6) is 0 Å². The van der Waals surface area contributed by atoms with Crippen LogP contribution in [0.1, 0.15) is 18.1 Å². The lowest BCUT2D eigenvalue weighted by atomic mass is 9.69. The molecule has 1 spiro atoms. The van der Waals surface area contributed by atoms with E-state index in [1.807, 2.05) is 6.08 Å². The van der Waals surface area contributed by atoms with Crippen molar-refractivity contribution >= 4 is 0 Å². The summed E-state index contributed by atoms with van der Waals surface area (Å²) in [6.07, 6.45) is 10.8. The SMILES string of the molecule is C=CC1=CC=C(/C=C\C)C12c1ccccc1-c1ccccc12. The Morgan fingerprint density at radius 1 is 0.818 bits per heavy atom. The molecule has 106 valence electrons. The smallest absolute Gasteiger partial charge is 0.0713 e. The van der Waals surface area contributed by atoms with Gasteiger partial charge in [0.05, 0.1) is 5.41 Å². The van der Waals surface area contributed by atoms with E-state index in [1.165, 1.54) is 33.4 Å². The van der Waals surface area contributed by atoms with Gasteiger partial charge in [-0.25, -0.2) is 0 Å². The molecule has 2 aliphatic carbocycles. The largest absolute Gasteiger partial charge is 0.0987 e. The van der Waals surface area contributed by atoms with Gasteiger partial charge in [0.25, 0.3) is 0 Å². The summed E-state index contributed by atoms with van der Waals surface area (Å²) >= 11 is 0. The molecule has 0 N–H and O–H groups in total. The molecule has 2 aromatic rings. The Morgan fingerprint density at radius 2 is 1.36 bits per heavy atom. The molecule has 0 amide bonds. The summed E-state index contributed by atoms with van der Waals surface area (Å²) < 4.78 is 0. The molecule has 0 bridgehead atoms. The molecular weight excluding hydrogens is 264 g/mol. The first-order chi connectivity index (χ1) is 10.8. The highest BCUT2D eigenvalue weighted by molar-refractivity contribution is 5.88. The van der Waals surface area contributed by atoms with Crippen LogP contribution in [0.2, 0.25) is 0 Å². The van der Waals surface area contributed by atoms with Gasteiger partial charge in [-0.1, -0.05) is 85.5 Å². The number of fused-ring (bicyclic) bond motifs is 5. The van der Waals surface area contributed by atoms with Gasteiger partial charge in [0.15, 0.2) is 0 Å². The molecule has 0 fully saturated rings. The quantitative estimate of drug-likeness (QED) is 0.674. The summed E-state index contributed by atoms with van der Waals surface area (Å²) in [5.41, 5.74) is 7.79. The number of hydrogen-bond donors (Lipinski definition) is 0. The molecule has 0 nitrogen and oxygen atoms in total. The van der Waals surface area contributed by atoms with E-state index in [9.17, 15) is 0 Å². The van der Waals surface area contributed by atoms with Crippen molar-refractivity contribution in [3.63, 3.8) is 0 Å². The van der Waals surface area contributed by atoms with E-state index in [0.717, 1.165) is 0 Å². The van der Waals surface area contributed by atoms with Crippen LogP contribution in [0.3, 0.4) is 0 Å². The monoisotopic (exact) mass is 282 g/mol. The van der Waals surface area contributed by atoms with Crippen LogP contribution in [0, 0.1) is 0 Å². The van der Waals surface area contributed by atoms with Crippen molar-refractivity contribution in [2.24, 2.45) is 0 Å². The molecule has 0 saturated carbocycles. The lowest BCUT2D eigenvalue weighted by molar-refractivity contribution is 0.782. The van der Waals surface area contributed by atoms with Crippen molar-refractivity contribution in [2.75, 3.05) is 0 Å². The minimum Gasteiger partial charge on any atom is -0.0987 e. The Morgan fingerprint density at radius 3 is 1.91 bits per heavy atom. The molecule has 0 heteroatoms. The Balaban J connectivity index is 2.15. The third-order valence-corrected chi connectivity index (χ3v) is 4.83. The average molecular weight is 282 g/mol. The number of hydrogen-bond acceptors (Lipinski definition) is 0. The minimum atomic E-state index is -0.193. The summed E-state index contributed by atoms with van der Waals surface area (Å²) in [6.45, 7) is 6.15. The zero-order valence-corrected chi connectivity index (χ0v) is 12.7. The van der Waals surface area contributed by atoms with Crippen molar-refractivity contribution in [1.29, 1.82) is 0 Å². The fourth-order valence-corrected chi connectivity index (χ4v) is 4.03. The van der Waals surface area contributed by atoms with Gasteiger partial charge in [-0.15, -0.1) is 0 Å². The maximum absolute atomic E-state index is 4.08. The van der Waals surface area contributed by atoms with Gasteiger partial charge in [-0.2, -0.15) is 0 Å². The highest BCUT2D eigenvalue weighted by Crippen LogP contribution is 2.58. The van der Waals surface area contributed by atoms with Gasteiger partial charge < -0.3 is 0 Å². The van der Waals surface area contributed by atoms with Crippen LogP contribution in [-0.4, -0.2) is 0 Å². The second-order valence-electron chi connectivity index (χ2n) is 5.79. The summed E-state index contributed by atoms with van der Waals surface area (Å²) in [5.74, 6) is 0. The minimum absolute atomic E-state index is 0.193. The van der Waals surface area contributed by atoms with Crippen molar-refractivity contribution in [3.05, 3.63) is 108 Å². The molecule has 0 saturated heterocycles. The van der Waals surface area contributed by atoms with Crippen LogP contribution in [0.4, 0.5) is 0 Å². The van der Waals surface area contributed by atoms with Gasteiger partial charge in [0.2, 0.25) is 0 Å². The Kier molecular flexibility index (Phi) is 2.80. The van der Waals surface area contributed by atoms with Crippen molar-refractivity contribution in [2.45, 2.75) is 12.3 Å². The van der Waals surface area contributed by atoms with Gasteiger partial charge in [-0.05, 0) is 40.3 Å². The fraction of sp³-hybridized carbons (Fsp3) is 0.0909. The lowest BCUT2D eigenvalue weighted by Gasteiger charge is -2.32. The predicted octanol–water partition coefficient (Wildman–Crippen LogP) is 5.58. The van der Waals surface area contributed by atoms with Gasteiger partial charge >= 0.3 is 0 Å². The number of rotatable bonds is 2. The highest BCUT2D eigenvalue weighted by Gasteiger charge is 2.48. The zero-order valence-electron chi connectivity index (χ0n) is 12.7. The Labute approximate surface area is 131 Å². The third-order valence-electron chi connectivity index (χ3n) is 4.83. The number of benzene rings is 2. The first-order valence-corrected chi connectivity index (χ1v) is 7.71. The predicted molar refractivity (Wildman–Crippen MR) is 93.8 cm³/mol. The standard InChI is InChI=1S/C22H18/c1-3-9-17-15-14-16(4-2)22(17)20-12-7-5-10-18(20)19-11-6-8-13-21(19)22/h3-15H,2H2,1H3/b9-3-. The first kappa shape index (κ1) is 13.1. The summed E-state index contributed by atoms with van der Waals surface area (Å²) in [4.78, 5) is 0. The van der Waals surface area contributed by atoms with Crippen LogP contribution in [0.25, 0.3) is 11.1 Å². The van der Waals surface area contributed by atoms with Crippen molar-refractivity contribution in [1.82, 2.24) is 0 Å². The zero-order chi connectivity index (χ0) is 15.2. The van der Waals surface area contributed by atoms with Crippen molar-refractivity contribution < 1.29 is 0 Å². The summed E-state index contributed by atoms with van der Waals surface area (Å²) in [6, 6.07) is 17.5. The molecule has 0 aromatic heterocycles. The van der Waals surface area contributed by atoms with Gasteiger partial charge in [-0.3, -0.25) is 0 Å². The van der Waals surface area contributed by atoms with E-state index >= 15 is 0 Å². The lowest BCUT2D eigenvalue weighted by Crippen LogP contribution is -2.26. The van der Waals surface area contributed by atoms with Gasteiger partial charge in [0, 0.05) is 0 Å².